The van der Waals surface area contributed by atoms with Crippen LogP contribution in [0.1, 0.15) is 25.7 Å². The molecule has 1 amide bonds. The van der Waals surface area contributed by atoms with Crippen LogP contribution in [0, 0.1) is 11.7 Å². The summed E-state index contributed by atoms with van der Waals surface area (Å²) in [4.78, 5) is 11.8. The summed E-state index contributed by atoms with van der Waals surface area (Å²) in [5.74, 6) is -1.64. The van der Waals surface area contributed by atoms with E-state index in [4.69, 9.17) is 5.73 Å². The third-order valence-electron chi connectivity index (χ3n) is 3.60. The largest absolute Gasteiger partial charge is 0.432 e. The van der Waals surface area contributed by atoms with Crippen LogP contribution in [0.3, 0.4) is 0 Å². The molecule has 1 fully saturated rings. The van der Waals surface area contributed by atoms with E-state index in [0.29, 0.717) is 0 Å². The Balaban J connectivity index is 0.00000242. The number of anilines is 1. The highest BCUT2D eigenvalue weighted by Gasteiger charge is 2.26. The predicted octanol–water partition coefficient (Wildman–Crippen LogP) is 3.30. The topological polar surface area (TPSA) is 64.4 Å². The SMILES string of the molecule is Cl.N[C@@H]1CCC[C@H]1CC(=O)Nc1ccc(OC(F)F)c(F)c1. The van der Waals surface area contributed by atoms with Crippen LogP contribution in [0.25, 0.3) is 0 Å². The van der Waals surface area contributed by atoms with E-state index in [-0.39, 0.29) is 42.4 Å². The zero-order chi connectivity index (χ0) is 15.4. The first-order chi connectivity index (χ1) is 9.95. The third-order valence-corrected chi connectivity index (χ3v) is 3.60. The van der Waals surface area contributed by atoms with Crippen molar-refractivity contribution in [3.8, 4) is 5.75 Å². The van der Waals surface area contributed by atoms with Crippen molar-refractivity contribution in [3.05, 3.63) is 24.0 Å². The van der Waals surface area contributed by atoms with Gasteiger partial charge >= 0.3 is 6.61 Å². The average Bonchev–Trinajstić information content (AvgIpc) is 2.78. The summed E-state index contributed by atoms with van der Waals surface area (Å²) < 4.78 is 41.5. The second-order valence-electron chi connectivity index (χ2n) is 5.13. The molecule has 22 heavy (non-hydrogen) atoms. The van der Waals surface area contributed by atoms with Crippen molar-refractivity contribution in [1.29, 1.82) is 0 Å². The molecule has 0 bridgehead atoms. The van der Waals surface area contributed by atoms with Gasteiger partial charge < -0.3 is 15.8 Å². The van der Waals surface area contributed by atoms with Crippen molar-refractivity contribution < 1.29 is 22.7 Å². The van der Waals surface area contributed by atoms with Crippen molar-refractivity contribution in [1.82, 2.24) is 0 Å². The molecule has 124 valence electrons. The molecule has 0 unspecified atom stereocenters. The first-order valence-electron chi connectivity index (χ1n) is 6.75. The molecule has 0 aliphatic heterocycles. The number of hydrogen-bond donors (Lipinski definition) is 2. The maximum atomic E-state index is 13.5. The number of hydrogen-bond acceptors (Lipinski definition) is 3. The number of nitrogens with two attached hydrogens (primary N) is 1. The highest BCUT2D eigenvalue weighted by Crippen LogP contribution is 2.28. The molecule has 2 atom stereocenters. The molecule has 0 spiro atoms. The van der Waals surface area contributed by atoms with Crippen LogP contribution in [0.15, 0.2) is 18.2 Å². The molecule has 1 aliphatic carbocycles. The zero-order valence-electron chi connectivity index (χ0n) is 11.7. The second kappa shape index (κ2) is 8.24. The molecule has 1 saturated carbocycles. The Hall–Kier alpha value is -1.47. The number of nitrogens with one attached hydrogen (secondary N) is 1. The molecule has 8 heteroatoms. The van der Waals surface area contributed by atoms with Gasteiger partial charge in [-0.3, -0.25) is 4.79 Å². The van der Waals surface area contributed by atoms with Crippen molar-refractivity contribution in [2.75, 3.05) is 5.32 Å². The van der Waals surface area contributed by atoms with Crippen molar-refractivity contribution in [2.45, 2.75) is 38.3 Å². The van der Waals surface area contributed by atoms with Crippen LogP contribution in [0.4, 0.5) is 18.9 Å². The number of carbonyl (C=O) groups excluding carboxylic acids is 1. The normalized spacial score (nSPS) is 20.6. The number of carbonyl (C=O) groups is 1. The minimum absolute atomic E-state index is 0. The second-order valence-corrected chi connectivity index (χ2v) is 5.13. The molecule has 4 nitrogen and oxygen atoms in total. The lowest BCUT2D eigenvalue weighted by Gasteiger charge is -2.15. The first-order valence-corrected chi connectivity index (χ1v) is 6.75. The Bertz CT molecular complexity index is 517. The minimum atomic E-state index is -3.09. The molecule has 1 aliphatic rings. The lowest BCUT2D eigenvalue weighted by Crippen LogP contribution is -2.28. The van der Waals surface area contributed by atoms with Gasteiger partial charge in [-0.2, -0.15) is 8.78 Å². The van der Waals surface area contributed by atoms with Crippen LogP contribution < -0.4 is 15.8 Å². The number of ether oxygens (including phenoxy) is 1. The zero-order valence-corrected chi connectivity index (χ0v) is 12.5. The lowest BCUT2D eigenvalue weighted by atomic mass is 10.00. The highest BCUT2D eigenvalue weighted by molar-refractivity contribution is 5.91. The molecule has 0 heterocycles. The van der Waals surface area contributed by atoms with E-state index < -0.39 is 18.2 Å². The van der Waals surface area contributed by atoms with Crippen LogP contribution >= 0.6 is 12.4 Å². The molecular weight excluding hydrogens is 321 g/mol. The molecule has 0 saturated heterocycles. The van der Waals surface area contributed by atoms with E-state index in [0.717, 1.165) is 31.4 Å². The Morgan fingerprint density at radius 3 is 2.68 bits per heavy atom. The van der Waals surface area contributed by atoms with Crippen molar-refractivity contribution in [3.63, 3.8) is 0 Å². The molecule has 2 rings (SSSR count). The summed E-state index contributed by atoms with van der Waals surface area (Å²) in [6, 6.07) is 3.34. The van der Waals surface area contributed by atoms with Gasteiger partial charge in [-0.25, -0.2) is 4.39 Å². The predicted molar refractivity (Wildman–Crippen MR) is 78.8 cm³/mol. The fourth-order valence-corrected chi connectivity index (χ4v) is 2.54. The van der Waals surface area contributed by atoms with Crippen molar-refractivity contribution >= 4 is 24.0 Å². The van der Waals surface area contributed by atoms with Crippen LogP contribution in [-0.4, -0.2) is 18.6 Å². The van der Waals surface area contributed by atoms with Gasteiger partial charge in [0, 0.05) is 24.2 Å². The Morgan fingerprint density at radius 2 is 2.14 bits per heavy atom. The fourth-order valence-electron chi connectivity index (χ4n) is 2.54. The summed E-state index contributed by atoms with van der Waals surface area (Å²) in [6.45, 7) is -3.09. The van der Waals surface area contributed by atoms with Crippen LogP contribution in [-0.2, 0) is 4.79 Å². The molecular formula is C14H18ClF3N2O2. The minimum Gasteiger partial charge on any atom is -0.432 e. The number of halogens is 4. The fraction of sp³-hybridized carbons (Fsp3) is 0.500. The van der Waals surface area contributed by atoms with Crippen molar-refractivity contribution in [2.24, 2.45) is 11.7 Å². The number of amides is 1. The van der Waals surface area contributed by atoms with E-state index in [9.17, 15) is 18.0 Å². The lowest BCUT2D eigenvalue weighted by molar-refractivity contribution is -0.117. The van der Waals surface area contributed by atoms with E-state index in [2.05, 4.69) is 10.1 Å². The Morgan fingerprint density at radius 1 is 1.41 bits per heavy atom. The summed E-state index contributed by atoms with van der Waals surface area (Å²) in [7, 11) is 0. The summed E-state index contributed by atoms with van der Waals surface area (Å²) in [5.41, 5.74) is 6.08. The summed E-state index contributed by atoms with van der Waals surface area (Å²) in [5, 5.41) is 2.53. The monoisotopic (exact) mass is 338 g/mol. The maximum absolute atomic E-state index is 13.5. The number of rotatable bonds is 5. The van der Waals surface area contributed by atoms with Crippen LogP contribution in [0.2, 0.25) is 0 Å². The van der Waals surface area contributed by atoms with E-state index in [1.165, 1.54) is 6.07 Å². The van der Waals surface area contributed by atoms with E-state index in [1.807, 2.05) is 0 Å². The van der Waals surface area contributed by atoms with Gasteiger partial charge in [0.05, 0.1) is 0 Å². The third kappa shape index (κ3) is 5.06. The molecule has 1 aromatic carbocycles. The summed E-state index contributed by atoms with van der Waals surface area (Å²) >= 11 is 0. The number of benzene rings is 1. The van der Waals surface area contributed by atoms with Gasteiger partial charge in [0.15, 0.2) is 11.6 Å². The smallest absolute Gasteiger partial charge is 0.387 e. The maximum Gasteiger partial charge on any atom is 0.387 e. The average molecular weight is 339 g/mol. The van der Waals surface area contributed by atoms with E-state index >= 15 is 0 Å². The van der Waals surface area contributed by atoms with Gasteiger partial charge in [-0.1, -0.05) is 6.42 Å². The van der Waals surface area contributed by atoms with Gasteiger partial charge in [-0.05, 0) is 30.9 Å². The van der Waals surface area contributed by atoms with Gasteiger partial charge in [-0.15, -0.1) is 12.4 Å². The first kappa shape index (κ1) is 18.6. The molecule has 3 N–H and O–H groups in total. The summed E-state index contributed by atoms with van der Waals surface area (Å²) in [6.07, 6.45) is 3.10. The van der Waals surface area contributed by atoms with Crippen LogP contribution in [0.5, 0.6) is 5.75 Å². The quantitative estimate of drug-likeness (QED) is 0.865. The Labute approximate surface area is 132 Å². The number of alkyl halides is 2. The Kier molecular flexibility index (Phi) is 6.96. The van der Waals surface area contributed by atoms with Gasteiger partial charge in [0.25, 0.3) is 0 Å². The van der Waals surface area contributed by atoms with E-state index in [1.54, 1.807) is 0 Å². The highest BCUT2D eigenvalue weighted by atomic mass is 35.5. The molecule has 1 aromatic rings. The standard InChI is InChI=1S/C14H17F3N2O2.ClH/c15-10-7-9(4-5-12(10)21-14(16)17)19-13(20)6-8-2-1-3-11(8)18;/h4-5,7-8,11,14H,1-3,6,18H2,(H,19,20);1H/t8-,11+;/m0./s1. The van der Waals surface area contributed by atoms with Gasteiger partial charge in [0.1, 0.15) is 0 Å². The molecule has 0 aromatic heterocycles. The van der Waals surface area contributed by atoms with Gasteiger partial charge in [0.2, 0.25) is 5.91 Å². The molecule has 0 radical (unpaired) electrons.